The number of nitrogens with zero attached hydrogens (tertiary/aromatic N) is 4. The van der Waals surface area contributed by atoms with Crippen LogP contribution in [0.5, 0.6) is 0 Å². The molecular weight excluding hydrogens is 346 g/mol. The van der Waals surface area contributed by atoms with E-state index in [4.69, 9.17) is 0 Å². The Kier molecular flexibility index (Phi) is 4.33. The van der Waals surface area contributed by atoms with Gasteiger partial charge in [-0.25, -0.2) is 9.50 Å². The average molecular weight is 369 g/mol. The molecule has 27 heavy (non-hydrogen) atoms. The summed E-state index contributed by atoms with van der Waals surface area (Å²) in [5, 5.41) is 3.15. The van der Waals surface area contributed by atoms with Gasteiger partial charge in [0.05, 0.1) is 29.5 Å². The molecule has 0 bridgehead atoms. The minimum atomic E-state index is -0.187. The van der Waals surface area contributed by atoms with E-state index in [0.717, 1.165) is 37.2 Å². The molecule has 8 heteroatoms. The van der Waals surface area contributed by atoms with E-state index in [1.165, 1.54) is 10.6 Å². The second-order valence-corrected chi connectivity index (χ2v) is 7.19. The Morgan fingerprint density at radius 2 is 2.15 bits per heavy atom. The van der Waals surface area contributed by atoms with Crippen molar-refractivity contribution in [2.75, 3.05) is 13.1 Å². The molecule has 8 nitrogen and oxygen atoms in total. The van der Waals surface area contributed by atoms with Gasteiger partial charge in [-0.05, 0) is 25.3 Å². The summed E-state index contributed by atoms with van der Waals surface area (Å²) in [6.45, 7) is 6.59. The average Bonchev–Trinajstić information content (AvgIpc) is 3.11. The van der Waals surface area contributed by atoms with Gasteiger partial charge in [0, 0.05) is 32.5 Å². The molecule has 0 aliphatic carbocycles. The number of carbonyl (C=O) groups is 2. The summed E-state index contributed by atoms with van der Waals surface area (Å²) in [4.78, 5) is 45.0. The zero-order valence-electron chi connectivity index (χ0n) is 15.4. The van der Waals surface area contributed by atoms with Gasteiger partial charge in [0.2, 0.25) is 11.8 Å². The first kappa shape index (κ1) is 17.5. The molecule has 2 aromatic heterocycles. The van der Waals surface area contributed by atoms with Crippen molar-refractivity contribution >= 4 is 17.5 Å². The van der Waals surface area contributed by atoms with E-state index < -0.39 is 0 Å². The lowest BCUT2D eigenvalue weighted by Crippen LogP contribution is -2.39. The van der Waals surface area contributed by atoms with Crippen LogP contribution in [0.15, 0.2) is 23.5 Å². The number of H-pyrrole nitrogens is 1. The van der Waals surface area contributed by atoms with Crippen molar-refractivity contribution in [3.05, 3.63) is 46.0 Å². The molecule has 1 fully saturated rings. The van der Waals surface area contributed by atoms with E-state index in [9.17, 15) is 14.4 Å². The second-order valence-electron chi connectivity index (χ2n) is 7.19. The fourth-order valence-corrected chi connectivity index (χ4v) is 4.12. The molecule has 0 saturated carbocycles. The first-order valence-electron chi connectivity index (χ1n) is 9.31. The number of rotatable bonds is 2. The predicted octanol–water partition coefficient (Wildman–Crippen LogP) is 1.17. The number of likely N-dealkylation sites (tertiary alicyclic amines) is 1. The Labute approximate surface area is 156 Å². The first-order chi connectivity index (χ1) is 13.0. The Hall–Kier alpha value is -2.90. The van der Waals surface area contributed by atoms with Gasteiger partial charge in [-0.3, -0.25) is 19.5 Å². The Morgan fingerprint density at radius 3 is 2.89 bits per heavy atom. The fraction of sp³-hybridized carbons (Fsp3) is 0.474. The molecule has 1 atom stereocenters. The van der Waals surface area contributed by atoms with Crippen LogP contribution in [-0.2, 0) is 22.6 Å². The van der Waals surface area contributed by atoms with Gasteiger partial charge in [0.25, 0.3) is 5.56 Å². The van der Waals surface area contributed by atoms with Crippen LogP contribution in [0.4, 0.5) is 0 Å². The zero-order valence-corrected chi connectivity index (χ0v) is 15.4. The molecule has 4 rings (SSSR count). The van der Waals surface area contributed by atoms with Gasteiger partial charge in [0.15, 0.2) is 5.65 Å². The Bertz CT molecular complexity index is 989. The smallest absolute Gasteiger partial charge is 0.277 e. The number of hydrogen-bond acceptors (Lipinski definition) is 4. The van der Waals surface area contributed by atoms with Gasteiger partial charge >= 0.3 is 0 Å². The number of fused-ring (bicyclic) bond motifs is 2. The molecule has 2 amide bonds. The number of amides is 2. The molecule has 0 spiro atoms. The van der Waals surface area contributed by atoms with Crippen LogP contribution < -0.4 is 5.56 Å². The van der Waals surface area contributed by atoms with Crippen molar-refractivity contribution in [3.63, 3.8) is 0 Å². The maximum Gasteiger partial charge on any atom is 0.277 e. The van der Waals surface area contributed by atoms with Crippen LogP contribution in [-0.4, -0.2) is 49.3 Å². The molecule has 2 aliphatic heterocycles. The molecule has 0 radical (unpaired) electrons. The monoisotopic (exact) mass is 369 g/mol. The van der Waals surface area contributed by atoms with Crippen LogP contribution in [0, 0.1) is 0 Å². The zero-order chi connectivity index (χ0) is 19.1. The fourth-order valence-electron chi connectivity index (χ4n) is 4.12. The maximum atomic E-state index is 13.0. The third kappa shape index (κ3) is 2.94. The quantitative estimate of drug-likeness (QED) is 0.805. The van der Waals surface area contributed by atoms with E-state index in [0.29, 0.717) is 24.2 Å². The van der Waals surface area contributed by atoms with Crippen molar-refractivity contribution in [1.29, 1.82) is 0 Å². The first-order valence-corrected chi connectivity index (χ1v) is 9.31. The SMILES string of the molecule is C=CC(=O)N1CCc2nc3cc([C@@H]4CCCCN4C(C)=O)[nH]n3c(=O)c2C1. The molecule has 4 heterocycles. The van der Waals surface area contributed by atoms with Crippen LogP contribution in [0.3, 0.4) is 0 Å². The van der Waals surface area contributed by atoms with Crippen LogP contribution in [0.1, 0.15) is 49.2 Å². The standard InChI is InChI=1S/C19H23N5O3/c1-3-18(26)22-9-7-14-13(11-22)19(27)24-17(20-14)10-15(21-24)16-6-4-5-8-23(16)12(2)25/h3,10,16,21H,1,4-9,11H2,2H3/t16-/m0/s1. The Morgan fingerprint density at radius 1 is 1.33 bits per heavy atom. The highest BCUT2D eigenvalue weighted by Gasteiger charge is 2.29. The van der Waals surface area contributed by atoms with Gasteiger partial charge in [-0.2, -0.15) is 0 Å². The van der Waals surface area contributed by atoms with Gasteiger partial charge in [-0.1, -0.05) is 6.58 Å². The van der Waals surface area contributed by atoms with Crippen molar-refractivity contribution in [3.8, 4) is 0 Å². The summed E-state index contributed by atoms with van der Waals surface area (Å²) in [6.07, 6.45) is 4.71. The summed E-state index contributed by atoms with van der Waals surface area (Å²) in [7, 11) is 0. The molecule has 1 saturated heterocycles. The van der Waals surface area contributed by atoms with Crippen LogP contribution >= 0.6 is 0 Å². The summed E-state index contributed by atoms with van der Waals surface area (Å²) in [5.41, 5.74) is 2.48. The second kappa shape index (κ2) is 6.68. The van der Waals surface area contributed by atoms with E-state index in [-0.39, 0.29) is 30.0 Å². The molecule has 0 unspecified atom stereocenters. The minimum absolute atomic E-state index is 0.0385. The highest BCUT2D eigenvalue weighted by Crippen LogP contribution is 2.30. The van der Waals surface area contributed by atoms with Gasteiger partial charge in [-0.15, -0.1) is 0 Å². The van der Waals surface area contributed by atoms with Crippen LogP contribution in [0.25, 0.3) is 5.65 Å². The van der Waals surface area contributed by atoms with Crippen molar-refractivity contribution in [2.45, 2.75) is 45.2 Å². The summed E-state index contributed by atoms with van der Waals surface area (Å²) < 4.78 is 1.43. The van der Waals surface area contributed by atoms with Crippen LogP contribution in [0.2, 0.25) is 0 Å². The number of nitrogens with one attached hydrogen (secondary N) is 1. The lowest BCUT2D eigenvalue weighted by molar-refractivity contribution is -0.132. The normalized spacial score (nSPS) is 19.8. The minimum Gasteiger partial charge on any atom is -0.334 e. The summed E-state index contributed by atoms with van der Waals surface area (Å²) in [6, 6.07) is 1.81. The van der Waals surface area contributed by atoms with Crippen molar-refractivity contribution < 1.29 is 9.59 Å². The van der Waals surface area contributed by atoms with E-state index in [1.807, 2.05) is 11.0 Å². The number of carbonyl (C=O) groups excluding carboxylic acids is 2. The molecule has 2 aromatic rings. The maximum absolute atomic E-state index is 13.0. The third-order valence-electron chi connectivity index (χ3n) is 5.53. The van der Waals surface area contributed by atoms with E-state index >= 15 is 0 Å². The van der Waals surface area contributed by atoms with Crippen molar-refractivity contribution in [2.24, 2.45) is 0 Å². The largest absolute Gasteiger partial charge is 0.334 e. The van der Waals surface area contributed by atoms with E-state index in [1.54, 1.807) is 11.8 Å². The van der Waals surface area contributed by atoms with Crippen molar-refractivity contribution in [1.82, 2.24) is 24.4 Å². The molecule has 1 N–H and O–H groups in total. The Balaban J connectivity index is 1.75. The number of piperidine rings is 1. The number of hydrogen-bond donors (Lipinski definition) is 1. The number of aromatic amines is 1. The molecule has 142 valence electrons. The molecule has 2 aliphatic rings. The van der Waals surface area contributed by atoms with E-state index in [2.05, 4.69) is 16.7 Å². The highest BCUT2D eigenvalue weighted by molar-refractivity contribution is 5.87. The third-order valence-corrected chi connectivity index (χ3v) is 5.53. The topological polar surface area (TPSA) is 90.8 Å². The highest BCUT2D eigenvalue weighted by atomic mass is 16.2. The van der Waals surface area contributed by atoms with Gasteiger partial charge < -0.3 is 9.80 Å². The number of aromatic nitrogens is 3. The summed E-state index contributed by atoms with van der Waals surface area (Å²) >= 11 is 0. The lowest BCUT2D eigenvalue weighted by atomic mass is 9.99. The lowest BCUT2D eigenvalue weighted by Gasteiger charge is -2.34. The predicted molar refractivity (Wildman–Crippen MR) is 99.1 cm³/mol. The molecular formula is C19H23N5O3. The summed E-state index contributed by atoms with van der Waals surface area (Å²) in [5.74, 6) is -0.145. The molecule has 0 aromatic carbocycles. The van der Waals surface area contributed by atoms with Gasteiger partial charge in [0.1, 0.15) is 0 Å².